The molecule has 1 N–H and O–H groups in total. The van der Waals surface area contributed by atoms with E-state index in [2.05, 4.69) is 15.3 Å². The molecular weight excluding hydrogens is 272 g/mol. The second kappa shape index (κ2) is 5.76. The van der Waals surface area contributed by atoms with E-state index in [1.807, 2.05) is 13.0 Å². The van der Waals surface area contributed by atoms with Crippen LogP contribution >= 0.6 is 0 Å². The Morgan fingerprint density at radius 2 is 2.14 bits per heavy atom. The fourth-order valence-corrected chi connectivity index (χ4v) is 2.84. The molecule has 0 spiro atoms. The molecule has 0 aliphatic heterocycles. The van der Waals surface area contributed by atoms with Crippen LogP contribution in [0.15, 0.2) is 24.5 Å². The zero-order chi connectivity index (χ0) is 14.8. The smallest absolute Gasteiger partial charge is 0.186 e. The van der Waals surface area contributed by atoms with Crippen LogP contribution in [0.4, 0.5) is 14.6 Å². The zero-order valence-corrected chi connectivity index (χ0v) is 11.9. The van der Waals surface area contributed by atoms with Gasteiger partial charge in [0, 0.05) is 0 Å². The highest BCUT2D eigenvalue weighted by Gasteiger charge is 2.22. The van der Waals surface area contributed by atoms with Crippen LogP contribution in [0.1, 0.15) is 42.6 Å². The molecule has 0 saturated heterocycles. The van der Waals surface area contributed by atoms with E-state index in [4.69, 9.17) is 0 Å². The number of rotatable bonds is 3. The van der Waals surface area contributed by atoms with E-state index in [-0.39, 0.29) is 17.7 Å². The van der Waals surface area contributed by atoms with E-state index in [0.29, 0.717) is 12.1 Å². The maximum absolute atomic E-state index is 14.2. The van der Waals surface area contributed by atoms with Crippen molar-refractivity contribution in [1.29, 1.82) is 0 Å². The van der Waals surface area contributed by atoms with Crippen LogP contribution in [0.2, 0.25) is 0 Å². The third-order valence-corrected chi connectivity index (χ3v) is 3.93. The monoisotopic (exact) mass is 289 g/mol. The summed E-state index contributed by atoms with van der Waals surface area (Å²) in [5.74, 6) is -0.479. The topological polar surface area (TPSA) is 37.8 Å². The molecule has 1 aliphatic rings. The molecule has 110 valence electrons. The number of nitrogens with zero attached hydrogens (tertiary/aromatic N) is 2. The Balaban J connectivity index is 1.92. The maximum Gasteiger partial charge on any atom is 0.186 e. The van der Waals surface area contributed by atoms with Gasteiger partial charge in [-0.2, -0.15) is 0 Å². The van der Waals surface area contributed by atoms with Crippen LogP contribution < -0.4 is 5.32 Å². The molecule has 0 bridgehead atoms. The summed E-state index contributed by atoms with van der Waals surface area (Å²) in [6, 6.07) is 4.71. The van der Waals surface area contributed by atoms with E-state index in [1.165, 1.54) is 18.5 Å². The molecule has 2 aromatic rings. The first kappa shape index (κ1) is 13.9. The van der Waals surface area contributed by atoms with E-state index in [0.717, 1.165) is 30.4 Å². The van der Waals surface area contributed by atoms with E-state index >= 15 is 0 Å². The molecule has 1 atom stereocenters. The van der Waals surface area contributed by atoms with Crippen LogP contribution in [0.3, 0.4) is 0 Å². The summed E-state index contributed by atoms with van der Waals surface area (Å²) >= 11 is 0. The Hall–Kier alpha value is -2.04. The largest absolute Gasteiger partial charge is 0.361 e. The van der Waals surface area contributed by atoms with Gasteiger partial charge in [0.15, 0.2) is 11.6 Å². The second-order valence-corrected chi connectivity index (χ2v) is 5.27. The van der Waals surface area contributed by atoms with Crippen LogP contribution in [-0.4, -0.2) is 9.97 Å². The third-order valence-electron chi connectivity index (χ3n) is 3.93. The van der Waals surface area contributed by atoms with Crippen molar-refractivity contribution in [2.24, 2.45) is 0 Å². The highest BCUT2D eigenvalue weighted by atomic mass is 19.1. The predicted molar refractivity (Wildman–Crippen MR) is 77.1 cm³/mol. The van der Waals surface area contributed by atoms with Crippen molar-refractivity contribution in [3.05, 3.63) is 53.0 Å². The van der Waals surface area contributed by atoms with Crippen molar-refractivity contribution in [2.75, 3.05) is 5.32 Å². The van der Waals surface area contributed by atoms with E-state index in [9.17, 15) is 8.78 Å². The highest BCUT2D eigenvalue weighted by molar-refractivity contribution is 5.43. The normalized spacial score (nSPS) is 17.4. The number of aromatic nitrogens is 2. The summed E-state index contributed by atoms with van der Waals surface area (Å²) in [6.45, 7) is 1.85. The Kier molecular flexibility index (Phi) is 3.82. The SMILES string of the molecule is CCc1ncnc(NC2CCCc3ccc(F)cc32)c1F. The molecule has 1 heterocycles. The van der Waals surface area contributed by atoms with Crippen molar-refractivity contribution in [3.8, 4) is 0 Å². The summed E-state index contributed by atoms with van der Waals surface area (Å²) in [5, 5.41) is 3.11. The highest BCUT2D eigenvalue weighted by Crippen LogP contribution is 2.33. The lowest BCUT2D eigenvalue weighted by atomic mass is 9.87. The molecule has 21 heavy (non-hydrogen) atoms. The van der Waals surface area contributed by atoms with Crippen molar-refractivity contribution >= 4 is 5.82 Å². The first-order valence-electron chi connectivity index (χ1n) is 7.23. The van der Waals surface area contributed by atoms with Crippen molar-refractivity contribution in [3.63, 3.8) is 0 Å². The quantitative estimate of drug-likeness (QED) is 0.933. The Morgan fingerprint density at radius 3 is 2.95 bits per heavy atom. The average molecular weight is 289 g/mol. The number of hydrogen-bond donors (Lipinski definition) is 1. The minimum Gasteiger partial charge on any atom is -0.361 e. The predicted octanol–water partition coefficient (Wildman–Crippen LogP) is 3.81. The van der Waals surface area contributed by atoms with Gasteiger partial charge < -0.3 is 5.32 Å². The molecule has 1 aromatic heterocycles. The van der Waals surface area contributed by atoms with E-state index < -0.39 is 5.82 Å². The van der Waals surface area contributed by atoms with Gasteiger partial charge in [-0.15, -0.1) is 0 Å². The number of fused-ring (bicyclic) bond motifs is 1. The molecule has 0 radical (unpaired) electrons. The van der Waals surface area contributed by atoms with Gasteiger partial charge in [-0.05, 0) is 48.9 Å². The third kappa shape index (κ3) is 2.73. The molecule has 3 rings (SSSR count). The average Bonchev–Trinajstić information content (AvgIpc) is 2.50. The molecule has 1 aromatic carbocycles. The number of nitrogens with one attached hydrogen (secondary N) is 1. The number of halogens is 2. The molecule has 0 saturated carbocycles. The fourth-order valence-electron chi connectivity index (χ4n) is 2.84. The first-order chi connectivity index (χ1) is 10.2. The van der Waals surface area contributed by atoms with Gasteiger partial charge in [0.2, 0.25) is 0 Å². The lowest BCUT2D eigenvalue weighted by Crippen LogP contribution is -2.19. The number of aryl methyl sites for hydroxylation is 2. The van der Waals surface area contributed by atoms with Gasteiger partial charge in [-0.3, -0.25) is 0 Å². The fraction of sp³-hybridized carbons (Fsp3) is 0.375. The molecule has 0 fully saturated rings. The van der Waals surface area contributed by atoms with Crippen LogP contribution in [-0.2, 0) is 12.8 Å². The number of hydrogen-bond acceptors (Lipinski definition) is 3. The van der Waals surface area contributed by atoms with E-state index in [1.54, 1.807) is 0 Å². The Bertz CT molecular complexity index is 658. The van der Waals surface area contributed by atoms with Gasteiger partial charge in [0.05, 0.1) is 11.7 Å². The maximum atomic E-state index is 14.2. The van der Waals surface area contributed by atoms with Gasteiger partial charge in [0.1, 0.15) is 12.1 Å². The zero-order valence-electron chi connectivity index (χ0n) is 11.9. The minimum absolute atomic E-state index is 0.112. The first-order valence-corrected chi connectivity index (χ1v) is 7.23. The Labute approximate surface area is 122 Å². The van der Waals surface area contributed by atoms with Gasteiger partial charge in [-0.25, -0.2) is 18.7 Å². The van der Waals surface area contributed by atoms with Crippen molar-refractivity contribution in [2.45, 2.75) is 38.6 Å². The molecule has 5 heteroatoms. The molecular formula is C16H17F2N3. The summed E-state index contributed by atoms with van der Waals surface area (Å²) < 4.78 is 27.7. The molecule has 0 amide bonds. The number of benzene rings is 1. The lowest BCUT2D eigenvalue weighted by Gasteiger charge is -2.27. The van der Waals surface area contributed by atoms with Crippen LogP contribution in [0.25, 0.3) is 0 Å². The molecule has 1 aliphatic carbocycles. The second-order valence-electron chi connectivity index (χ2n) is 5.27. The van der Waals surface area contributed by atoms with Crippen molar-refractivity contribution in [1.82, 2.24) is 9.97 Å². The molecule has 1 unspecified atom stereocenters. The van der Waals surface area contributed by atoms with Gasteiger partial charge >= 0.3 is 0 Å². The summed E-state index contributed by atoms with van der Waals surface area (Å²) in [6.07, 6.45) is 4.63. The van der Waals surface area contributed by atoms with Gasteiger partial charge in [-0.1, -0.05) is 13.0 Å². The Morgan fingerprint density at radius 1 is 1.29 bits per heavy atom. The van der Waals surface area contributed by atoms with Crippen molar-refractivity contribution < 1.29 is 8.78 Å². The summed E-state index contributed by atoms with van der Waals surface area (Å²) in [7, 11) is 0. The van der Waals surface area contributed by atoms with Crippen LogP contribution in [0.5, 0.6) is 0 Å². The van der Waals surface area contributed by atoms with Crippen LogP contribution in [0, 0.1) is 11.6 Å². The number of anilines is 1. The molecule has 3 nitrogen and oxygen atoms in total. The summed E-state index contributed by atoms with van der Waals surface area (Å²) in [5.41, 5.74) is 2.41. The van der Waals surface area contributed by atoms with Gasteiger partial charge in [0.25, 0.3) is 0 Å². The summed E-state index contributed by atoms with van der Waals surface area (Å²) in [4.78, 5) is 7.91. The lowest BCUT2D eigenvalue weighted by molar-refractivity contribution is 0.562. The standard InChI is InChI=1S/C16H17F2N3/c1-2-13-15(18)16(20-9-19-13)21-14-5-3-4-10-6-7-11(17)8-12(10)14/h6-9,14H,2-5H2,1H3,(H,19,20,21). The minimum atomic E-state index is -0.413.